The third-order valence-corrected chi connectivity index (χ3v) is 3.61. The first-order chi connectivity index (χ1) is 7.00. The van der Waals surface area contributed by atoms with Crippen LogP contribution >= 0.6 is 0 Å². The fraction of sp³-hybridized carbons (Fsp3) is 1.00. The first-order valence-electron chi connectivity index (χ1n) is 5.97. The van der Waals surface area contributed by atoms with Crippen LogP contribution in [0.15, 0.2) is 0 Å². The molecule has 1 saturated carbocycles. The van der Waals surface area contributed by atoms with Crippen molar-refractivity contribution in [2.75, 3.05) is 7.05 Å². The Morgan fingerprint density at radius 3 is 2.53 bits per heavy atom. The molecule has 1 aliphatic rings. The summed E-state index contributed by atoms with van der Waals surface area (Å²) in [6.45, 7) is 4.33. The largest absolute Gasteiger partial charge is 0.309 e. The Bertz CT molecular complexity index is 194. The van der Waals surface area contributed by atoms with Gasteiger partial charge in [-0.05, 0) is 38.1 Å². The van der Waals surface area contributed by atoms with Crippen LogP contribution in [0.1, 0.15) is 46.0 Å². The van der Waals surface area contributed by atoms with Crippen LogP contribution in [0.25, 0.3) is 0 Å². The van der Waals surface area contributed by atoms with Crippen molar-refractivity contribution in [2.45, 2.75) is 57.9 Å². The minimum absolute atomic E-state index is 0.472. The Labute approximate surface area is 91.6 Å². The highest BCUT2D eigenvalue weighted by atomic mass is 19.3. The molecule has 0 aromatic heterocycles. The van der Waals surface area contributed by atoms with E-state index in [2.05, 4.69) is 19.2 Å². The maximum atomic E-state index is 13.0. The SMILES string of the molecule is CNC1(C(F)F)CCCC(CC(C)C)C1. The van der Waals surface area contributed by atoms with E-state index in [-0.39, 0.29) is 0 Å². The van der Waals surface area contributed by atoms with Gasteiger partial charge in [0.25, 0.3) is 6.43 Å². The molecule has 0 saturated heterocycles. The molecule has 0 heterocycles. The summed E-state index contributed by atoms with van der Waals surface area (Å²) in [5.74, 6) is 1.08. The summed E-state index contributed by atoms with van der Waals surface area (Å²) in [5.41, 5.74) is -0.905. The van der Waals surface area contributed by atoms with Crippen LogP contribution in [0.4, 0.5) is 8.78 Å². The number of hydrogen-bond acceptors (Lipinski definition) is 1. The van der Waals surface area contributed by atoms with Crippen LogP contribution in [0.5, 0.6) is 0 Å². The number of nitrogens with one attached hydrogen (secondary N) is 1. The van der Waals surface area contributed by atoms with Gasteiger partial charge in [-0.3, -0.25) is 0 Å². The highest BCUT2D eigenvalue weighted by Gasteiger charge is 2.42. The minimum Gasteiger partial charge on any atom is -0.309 e. The predicted octanol–water partition coefficient (Wildman–Crippen LogP) is 3.45. The molecule has 90 valence electrons. The lowest BCUT2D eigenvalue weighted by atomic mass is 9.73. The number of rotatable bonds is 4. The van der Waals surface area contributed by atoms with Crippen molar-refractivity contribution in [1.82, 2.24) is 5.32 Å². The highest BCUT2D eigenvalue weighted by Crippen LogP contribution is 2.38. The van der Waals surface area contributed by atoms with Crippen molar-refractivity contribution >= 4 is 0 Å². The van der Waals surface area contributed by atoms with Gasteiger partial charge in [0.1, 0.15) is 0 Å². The summed E-state index contributed by atoms with van der Waals surface area (Å²) in [6, 6.07) is 0. The van der Waals surface area contributed by atoms with E-state index in [9.17, 15) is 8.78 Å². The van der Waals surface area contributed by atoms with Crippen LogP contribution < -0.4 is 5.32 Å². The summed E-state index contributed by atoms with van der Waals surface area (Å²) in [5, 5.41) is 2.87. The Morgan fingerprint density at radius 1 is 1.40 bits per heavy atom. The summed E-state index contributed by atoms with van der Waals surface area (Å²) < 4.78 is 26.0. The van der Waals surface area contributed by atoms with Crippen molar-refractivity contribution in [3.8, 4) is 0 Å². The Kier molecular flexibility index (Phi) is 4.50. The van der Waals surface area contributed by atoms with Gasteiger partial charge in [-0.25, -0.2) is 8.78 Å². The van der Waals surface area contributed by atoms with Gasteiger partial charge in [-0.1, -0.05) is 26.7 Å². The topological polar surface area (TPSA) is 12.0 Å². The van der Waals surface area contributed by atoms with Gasteiger partial charge >= 0.3 is 0 Å². The number of hydrogen-bond donors (Lipinski definition) is 1. The molecule has 1 fully saturated rings. The molecule has 0 amide bonds. The van der Waals surface area contributed by atoms with Gasteiger partial charge in [0.05, 0.1) is 5.54 Å². The van der Waals surface area contributed by atoms with Crippen molar-refractivity contribution in [2.24, 2.45) is 11.8 Å². The molecular weight excluding hydrogens is 196 g/mol. The van der Waals surface area contributed by atoms with E-state index in [1.165, 1.54) is 0 Å². The molecule has 1 rings (SSSR count). The van der Waals surface area contributed by atoms with Gasteiger partial charge < -0.3 is 5.32 Å². The molecular formula is C12H23F2N. The molecule has 0 aromatic rings. The van der Waals surface area contributed by atoms with Crippen molar-refractivity contribution in [1.29, 1.82) is 0 Å². The molecule has 15 heavy (non-hydrogen) atoms. The summed E-state index contributed by atoms with van der Waals surface area (Å²) in [6.07, 6.45) is 2.15. The van der Waals surface area contributed by atoms with Crippen molar-refractivity contribution in [3.63, 3.8) is 0 Å². The second-order valence-corrected chi connectivity index (χ2v) is 5.30. The first-order valence-corrected chi connectivity index (χ1v) is 5.97. The van der Waals surface area contributed by atoms with Crippen LogP contribution in [0.3, 0.4) is 0 Å². The molecule has 1 N–H and O–H groups in total. The highest BCUT2D eigenvalue weighted by molar-refractivity contribution is 4.95. The smallest absolute Gasteiger partial charge is 0.256 e. The first kappa shape index (κ1) is 12.9. The zero-order valence-electron chi connectivity index (χ0n) is 10.0. The van der Waals surface area contributed by atoms with Crippen LogP contribution in [0.2, 0.25) is 0 Å². The third-order valence-electron chi connectivity index (χ3n) is 3.61. The lowest BCUT2D eigenvalue weighted by molar-refractivity contribution is -0.00507. The molecule has 3 heteroatoms. The lowest BCUT2D eigenvalue weighted by Crippen LogP contribution is -2.52. The number of alkyl halides is 2. The minimum atomic E-state index is -2.24. The summed E-state index contributed by atoms with van der Waals surface area (Å²) >= 11 is 0. The fourth-order valence-corrected chi connectivity index (χ4v) is 2.83. The van der Waals surface area contributed by atoms with E-state index in [1.54, 1.807) is 7.05 Å². The van der Waals surface area contributed by atoms with Gasteiger partial charge in [0.15, 0.2) is 0 Å². The maximum Gasteiger partial charge on any atom is 0.256 e. The average Bonchev–Trinajstić information content (AvgIpc) is 2.16. The monoisotopic (exact) mass is 219 g/mol. The second kappa shape index (κ2) is 5.24. The van der Waals surface area contributed by atoms with E-state index in [4.69, 9.17) is 0 Å². The van der Waals surface area contributed by atoms with Gasteiger partial charge in [0, 0.05) is 0 Å². The third kappa shape index (κ3) is 3.13. The fourth-order valence-electron chi connectivity index (χ4n) is 2.83. The van der Waals surface area contributed by atoms with Crippen LogP contribution in [-0.4, -0.2) is 19.0 Å². The van der Waals surface area contributed by atoms with Crippen molar-refractivity contribution < 1.29 is 8.78 Å². The molecule has 2 atom stereocenters. The molecule has 0 bridgehead atoms. The molecule has 0 aromatic carbocycles. The van der Waals surface area contributed by atoms with E-state index in [0.29, 0.717) is 24.7 Å². The van der Waals surface area contributed by atoms with Crippen molar-refractivity contribution in [3.05, 3.63) is 0 Å². The molecule has 0 radical (unpaired) electrons. The van der Waals surface area contributed by atoms with Crippen LogP contribution in [0, 0.1) is 11.8 Å². The molecule has 0 aliphatic heterocycles. The Morgan fingerprint density at radius 2 is 2.07 bits per heavy atom. The van der Waals surface area contributed by atoms with Crippen LogP contribution in [-0.2, 0) is 0 Å². The molecule has 2 unspecified atom stereocenters. The molecule has 0 spiro atoms. The van der Waals surface area contributed by atoms with E-state index in [0.717, 1.165) is 19.3 Å². The molecule has 1 aliphatic carbocycles. The quantitative estimate of drug-likeness (QED) is 0.763. The summed E-state index contributed by atoms with van der Waals surface area (Å²) in [4.78, 5) is 0. The standard InChI is InChI=1S/C12H23F2N/c1-9(2)7-10-5-4-6-12(8-10,15-3)11(13)14/h9-11,15H,4-8H2,1-3H3. The zero-order chi connectivity index (χ0) is 11.5. The molecule has 1 nitrogen and oxygen atoms in total. The Hall–Kier alpha value is -0.180. The predicted molar refractivity (Wildman–Crippen MR) is 59.2 cm³/mol. The maximum absolute atomic E-state index is 13.0. The van der Waals surface area contributed by atoms with E-state index >= 15 is 0 Å². The number of halogens is 2. The van der Waals surface area contributed by atoms with Gasteiger partial charge in [0.2, 0.25) is 0 Å². The zero-order valence-corrected chi connectivity index (χ0v) is 10.0. The normalized spacial score (nSPS) is 32.6. The van der Waals surface area contributed by atoms with E-state index in [1.807, 2.05) is 0 Å². The van der Waals surface area contributed by atoms with E-state index < -0.39 is 12.0 Å². The van der Waals surface area contributed by atoms with Gasteiger partial charge in [-0.2, -0.15) is 0 Å². The Balaban J connectivity index is 2.60. The lowest BCUT2D eigenvalue weighted by Gasteiger charge is -2.40. The van der Waals surface area contributed by atoms with Gasteiger partial charge in [-0.15, -0.1) is 0 Å². The summed E-state index contributed by atoms with van der Waals surface area (Å²) in [7, 11) is 1.67. The average molecular weight is 219 g/mol. The second-order valence-electron chi connectivity index (χ2n) is 5.30.